The summed E-state index contributed by atoms with van der Waals surface area (Å²) >= 11 is 5.89. The molecule has 1 aliphatic rings. The number of hydrogen-bond donors (Lipinski definition) is 2. The monoisotopic (exact) mass is 425 g/mol. The molecule has 4 rings (SSSR count). The minimum atomic E-state index is -0.552. The second-order valence-corrected chi connectivity index (χ2v) is 7.43. The number of nitrogens with one attached hydrogen (secondary N) is 1. The van der Waals surface area contributed by atoms with Crippen LogP contribution < -0.4 is 16.0 Å². The highest BCUT2D eigenvalue weighted by atomic mass is 35.5. The number of nitrogens with zero attached hydrogens (tertiary/aromatic N) is 5. The summed E-state index contributed by atoms with van der Waals surface area (Å²) in [7, 11) is 0. The van der Waals surface area contributed by atoms with Gasteiger partial charge >= 0.3 is 0 Å². The lowest BCUT2D eigenvalue weighted by Crippen LogP contribution is -2.24. The summed E-state index contributed by atoms with van der Waals surface area (Å²) in [6.45, 7) is 1.67. The quantitative estimate of drug-likeness (QED) is 0.625. The summed E-state index contributed by atoms with van der Waals surface area (Å²) in [5.41, 5.74) is 7.88. The summed E-state index contributed by atoms with van der Waals surface area (Å²) in [5.74, 6) is -0.492. The summed E-state index contributed by atoms with van der Waals surface area (Å²) in [6, 6.07) is 12.1. The zero-order chi connectivity index (χ0) is 21.1. The first-order valence-electron chi connectivity index (χ1n) is 9.52. The van der Waals surface area contributed by atoms with Gasteiger partial charge in [-0.15, -0.1) is 10.2 Å². The molecule has 0 aliphatic carbocycles. The van der Waals surface area contributed by atoms with Crippen molar-refractivity contribution >= 4 is 34.8 Å². The summed E-state index contributed by atoms with van der Waals surface area (Å²) in [4.78, 5) is 27.6. The highest BCUT2D eigenvalue weighted by Gasteiger charge is 2.19. The predicted octanol–water partition coefficient (Wildman–Crippen LogP) is 2.33. The maximum Gasteiger partial charge on any atom is 0.248 e. The molecule has 3 aromatic rings. The molecule has 30 heavy (non-hydrogen) atoms. The van der Waals surface area contributed by atoms with E-state index in [-0.39, 0.29) is 12.5 Å². The molecule has 0 saturated carbocycles. The molecule has 10 heteroatoms. The fraction of sp³-hybridized carbons (Fsp3) is 0.250. The average Bonchev–Trinajstić information content (AvgIpc) is 3.41. The lowest BCUT2D eigenvalue weighted by Gasteiger charge is -2.22. The zero-order valence-electron chi connectivity index (χ0n) is 16.1. The van der Waals surface area contributed by atoms with Gasteiger partial charge in [-0.2, -0.15) is 4.80 Å². The van der Waals surface area contributed by atoms with Crippen molar-refractivity contribution in [2.24, 2.45) is 5.73 Å². The highest BCUT2D eigenvalue weighted by molar-refractivity contribution is 6.30. The summed E-state index contributed by atoms with van der Waals surface area (Å²) in [6.07, 6.45) is 2.17. The van der Waals surface area contributed by atoms with E-state index in [1.165, 1.54) is 4.80 Å². The minimum Gasteiger partial charge on any atom is -0.370 e. The molecule has 1 aromatic heterocycles. The normalized spacial score (nSPS) is 13.4. The van der Waals surface area contributed by atoms with Gasteiger partial charge in [0.15, 0.2) is 0 Å². The van der Waals surface area contributed by atoms with Crippen LogP contribution in [0.2, 0.25) is 5.02 Å². The number of halogens is 1. The van der Waals surface area contributed by atoms with E-state index in [0.29, 0.717) is 22.1 Å². The van der Waals surface area contributed by atoms with Crippen LogP contribution in [0.5, 0.6) is 0 Å². The third kappa shape index (κ3) is 4.41. The standard InChI is InChI=1S/C20H20ClN7O2/c21-15-6-3-13(4-7-15)20-24-26-28(25-20)12-18(29)23-16-11-14(19(22)30)5-8-17(16)27-9-1-2-10-27/h3-8,11H,1-2,9-10,12H2,(H2,22,30)(H,23,29). The Morgan fingerprint density at radius 1 is 1.10 bits per heavy atom. The Labute approximate surface area is 177 Å². The van der Waals surface area contributed by atoms with Crippen LogP contribution in [0.4, 0.5) is 11.4 Å². The number of amides is 2. The Bertz CT molecular complexity index is 1080. The van der Waals surface area contributed by atoms with Gasteiger partial charge in [0.1, 0.15) is 6.54 Å². The first-order valence-corrected chi connectivity index (χ1v) is 9.90. The molecule has 2 amide bonds. The lowest BCUT2D eigenvalue weighted by molar-refractivity contribution is -0.117. The zero-order valence-corrected chi connectivity index (χ0v) is 16.8. The van der Waals surface area contributed by atoms with Gasteiger partial charge in [-0.05, 0) is 60.5 Å². The van der Waals surface area contributed by atoms with Crippen LogP contribution in [0.15, 0.2) is 42.5 Å². The summed E-state index contributed by atoms with van der Waals surface area (Å²) < 4.78 is 0. The van der Waals surface area contributed by atoms with Crippen LogP contribution in [0.1, 0.15) is 23.2 Å². The Hall–Kier alpha value is -3.46. The predicted molar refractivity (Wildman–Crippen MR) is 113 cm³/mol. The van der Waals surface area contributed by atoms with E-state index in [1.807, 2.05) is 6.07 Å². The molecule has 2 aromatic carbocycles. The average molecular weight is 426 g/mol. The van der Waals surface area contributed by atoms with E-state index in [1.54, 1.807) is 36.4 Å². The second kappa shape index (κ2) is 8.50. The van der Waals surface area contributed by atoms with Gasteiger partial charge in [-0.25, -0.2) is 0 Å². The fourth-order valence-corrected chi connectivity index (χ4v) is 3.49. The number of carbonyl (C=O) groups excluding carboxylic acids is 2. The molecule has 9 nitrogen and oxygen atoms in total. The van der Waals surface area contributed by atoms with Crippen LogP contribution in [-0.2, 0) is 11.3 Å². The van der Waals surface area contributed by atoms with Crippen molar-refractivity contribution in [2.75, 3.05) is 23.3 Å². The fourth-order valence-electron chi connectivity index (χ4n) is 3.37. The maximum absolute atomic E-state index is 12.6. The number of tetrazole rings is 1. The number of rotatable bonds is 6. The molecule has 0 unspecified atom stereocenters. The van der Waals surface area contributed by atoms with Gasteiger partial charge < -0.3 is 16.0 Å². The Morgan fingerprint density at radius 3 is 2.53 bits per heavy atom. The molecular weight excluding hydrogens is 406 g/mol. The molecule has 0 spiro atoms. The van der Waals surface area contributed by atoms with Crippen LogP contribution in [0.3, 0.4) is 0 Å². The Balaban J connectivity index is 1.50. The SMILES string of the molecule is NC(=O)c1ccc(N2CCCC2)c(NC(=O)Cn2nnc(-c3ccc(Cl)cc3)n2)c1. The highest BCUT2D eigenvalue weighted by Crippen LogP contribution is 2.30. The Morgan fingerprint density at radius 2 is 1.83 bits per heavy atom. The second-order valence-electron chi connectivity index (χ2n) is 6.99. The molecule has 1 aliphatic heterocycles. The molecule has 0 radical (unpaired) electrons. The van der Waals surface area contributed by atoms with Crippen molar-refractivity contribution < 1.29 is 9.59 Å². The lowest BCUT2D eigenvalue weighted by atomic mass is 10.1. The van der Waals surface area contributed by atoms with Crippen molar-refractivity contribution in [3.63, 3.8) is 0 Å². The van der Waals surface area contributed by atoms with E-state index in [0.717, 1.165) is 37.2 Å². The van der Waals surface area contributed by atoms with E-state index in [2.05, 4.69) is 25.6 Å². The molecule has 154 valence electrons. The third-order valence-corrected chi connectivity index (χ3v) is 5.09. The maximum atomic E-state index is 12.6. The van der Waals surface area contributed by atoms with E-state index in [9.17, 15) is 9.59 Å². The molecular formula is C20H20ClN7O2. The van der Waals surface area contributed by atoms with E-state index in [4.69, 9.17) is 17.3 Å². The number of nitrogens with two attached hydrogens (primary N) is 1. The topological polar surface area (TPSA) is 119 Å². The molecule has 2 heterocycles. The van der Waals surface area contributed by atoms with Crippen molar-refractivity contribution in [2.45, 2.75) is 19.4 Å². The number of primary amides is 1. The number of benzene rings is 2. The summed E-state index contributed by atoms with van der Waals surface area (Å²) in [5, 5.41) is 15.6. The first kappa shape index (κ1) is 19.8. The molecule has 1 fully saturated rings. The molecule has 0 bridgehead atoms. The number of carbonyl (C=O) groups is 2. The van der Waals surface area contributed by atoms with Gasteiger partial charge in [-0.1, -0.05) is 11.6 Å². The van der Waals surface area contributed by atoms with Crippen LogP contribution in [0, 0.1) is 0 Å². The first-order chi connectivity index (χ1) is 14.5. The third-order valence-electron chi connectivity index (χ3n) is 4.84. The van der Waals surface area contributed by atoms with Crippen molar-refractivity contribution in [1.82, 2.24) is 20.2 Å². The van der Waals surface area contributed by atoms with Crippen molar-refractivity contribution in [3.05, 3.63) is 53.1 Å². The van der Waals surface area contributed by atoms with Crippen LogP contribution in [0.25, 0.3) is 11.4 Å². The van der Waals surface area contributed by atoms with Gasteiger partial charge in [0, 0.05) is 29.2 Å². The molecule has 3 N–H and O–H groups in total. The largest absolute Gasteiger partial charge is 0.370 e. The van der Waals surface area contributed by atoms with Crippen molar-refractivity contribution in [1.29, 1.82) is 0 Å². The smallest absolute Gasteiger partial charge is 0.248 e. The van der Waals surface area contributed by atoms with Crippen LogP contribution >= 0.6 is 11.6 Å². The number of hydrogen-bond acceptors (Lipinski definition) is 6. The van der Waals surface area contributed by atoms with E-state index >= 15 is 0 Å². The van der Waals surface area contributed by atoms with Gasteiger partial charge in [0.25, 0.3) is 0 Å². The number of aromatic nitrogens is 4. The minimum absolute atomic E-state index is 0.124. The molecule has 1 saturated heterocycles. The number of anilines is 2. The van der Waals surface area contributed by atoms with Gasteiger partial charge in [-0.3, -0.25) is 9.59 Å². The van der Waals surface area contributed by atoms with E-state index < -0.39 is 5.91 Å². The van der Waals surface area contributed by atoms with Gasteiger partial charge in [0.2, 0.25) is 17.6 Å². The van der Waals surface area contributed by atoms with Crippen LogP contribution in [-0.4, -0.2) is 45.1 Å². The van der Waals surface area contributed by atoms with Gasteiger partial charge in [0.05, 0.1) is 11.4 Å². The van der Waals surface area contributed by atoms with Crippen molar-refractivity contribution in [3.8, 4) is 11.4 Å². The Kier molecular flexibility index (Phi) is 5.62. The molecule has 0 atom stereocenters.